The fourth-order valence-corrected chi connectivity index (χ4v) is 3.58. The van der Waals surface area contributed by atoms with E-state index in [1.54, 1.807) is 0 Å². The minimum absolute atomic E-state index is 0.743. The zero-order chi connectivity index (χ0) is 21.3. The van der Waals surface area contributed by atoms with Crippen LogP contribution in [0.5, 0.6) is 11.5 Å². The second kappa shape index (κ2) is 15.8. The molecule has 30 heavy (non-hydrogen) atoms. The number of benzene rings is 1. The van der Waals surface area contributed by atoms with E-state index in [1.165, 1.54) is 64.2 Å². The molecule has 166 valence electrons. The van der Waals surface area contributed by atoms with Gasteiger partial charge in [0, 0.05) is 17.8 Å². The molecule has 0 aliphatic rings. The molecule has 0 atom stereocenters. The summed E-state index contributed by atoms with van der Waals surface area (Å²) in [5.41, 5.74) is 1.98. The Morgan fingerprint density at radius 2 is 1.30 bits per heavy atom. The molecule has 3 nitrogen and oxygen atoms in total. The number of ether oxygens (including phenoxy) is 2. The van der Waals surface area contributed by atoms with Gasteiger partial charge in [-0.25, -0.2) is 0 Å². The number of hydrogen-bond donors (Lipinski definition) is 0. The summed E-state index contributed by atoms with van der Waals surface area (Å²) in [7, 11) is 0. The van der Waals surface area contributed by atoms with Crippen LogP contribution in [0.1, 0.15) is 90.9 Å². The molecule has 0 unspecified atom stereocenters. The highest BCUT2D eigenvalue weighted by Gasteiger charge is 2.10. The maximum Gasteiger partial charge on any atom is 0.132 e. The number of hydrogen-bond acceptors (Lipinski definition) is 3. The summed E-state index contributed by atoms with van der Waals surface area (Å²) >= 11 is 0. The highest BCUT2D eigenvalue weighted by molar-refractivity contribution is 5.68. The predicted molar refractivity (Wildman–Crippen MR) is 127 cm³/mol. The lowest BCUT2D eigenvalue weighted by atomic mass is 10.1. The Hall–Kier alpha value is -2.03. The zero-order valence-electron chi connectivity index (χ0n) is 19.2. The van der Waals surface area contributed by atoms with Crippen LogP contribution in [0, 0.1) is 0 Å². The Balaban J connectivity index is 1.87. The molecule has 1 aromatic heterocycles. The molecule has 0 N–H and O–H groups in total. The van der Waals surface area contributed by atoms with E-state index in [1.807, 2.05) is 36.5 Å². The fraction of sp³-hybridized carbons (Fsp3) is 0.593. The SMILES string of the molecule is CCCCCCCCOc1ccc(-c2ccccn2)c(OCCCCCCCC)c1. The van der Waals surface area contributed by atoms with Gasteiger partial charge in [0.1, 0.15) is 11.5 Å². The van der Waals surface area contributed by atoms with Crippen molar-refractivity contribution < 1.29 is 9.47 Å². The Morgan fingerprint density at radius 1 is 0.667 bits per heavy atom. The average molecular weight is 412 g/mol. The van der Waals surface area contributed by atoms with Crippen LogP contribution < -0.4 is 9.47 Å². The number of rotatable bonds is 17. The molecule has 2 aromatic rings. The van der Waals surface area contributed by atoms with E-state index in [-0.39, 0.29) is 0 Å². The van der Waals surface area contributed by atoms with Gasteiger partial charge in [-0.15, -0.1) is 0 Å². The molecule has 1 heterocycles. The van der Waals surface area contributed by atoms with Gasteiger partial charge in [-0.05, 0) is 37.1 Å². The quantitative estimate of drug-likeness (QED) is 0.246. The van der Waals surface area contributed by atoms with Crippen molar-refractivity contribution in [1.29, 1.82) is 0 Å². The maximum atomic E-state index is 6.19. The van der Waals surface area contributed by atoms with E-state index in [4.69, 9.17) is 9.47 Å². The molecule has 0 saturated carbocycles. The van der Waals surface area contributed by atoms with Crippen LogP contribution in [0.2, 0.25) is 0 Å². The highest BCUT2D eigenvalue weighted by Crippen LogP contribution is 2.32. The molecule has 0 spiro atoms. The Morgan fingerprint density at radius 3 is 1.93 bits per heavy atom. The van der Waals surface area contributed by atoms with E-state index in [2.05, 4.69) is 24.9 Å². The molecule has 0 bridgehead atoms. The van der Waals surface area contributed by atoms with Gasteiger partial charge in [0.25, 0.3) is 0 Å². The Bertz CT molecular complexity index is 672. The normalized spacial score (nSPS) is 10.9. The van der Waals surface area contributed by atoms with Crippen molar-refractivity contribution >= 4 is 0 Å². The second-order valence-electron chi connectivity index (χ2n) is 8.11. The fourth-order valence-electron chi connectivity index (χ4n) is 3.58. The number of unbranched alkanes of at least 4 members (excludes halogenated alkanes) is 10. The van der Waals surface area contributed by atoms with Gasteiger partial charge in [-0.3, -0.25) is 4.98 Å². The first-order valence-electron chi connectivity index (χ1n) is 12.2. The summed E-state index contributed by atoms with van der Waals surface area (Å²) in [5.74, 6) is 1.77. The Labute approximate surface area is 184 Å². The largest absolute Gasteiger partial charge is 0.493 e. The van der Waals surface area contributed by atoms with E-state index < -0.39 is 0 Å². The molecular weight excluding hydrogens is 370 g/mol. The van der Waals surface area contributed by atoms with Crippen LogP contribution in [-0.4, -0.2) is 18.2 Å². The maximum absolute atomic E-state index is 6.19. The van der Waals surface area contributed by atoms with Crippen LogP contribution in [0.25, 0.3) is 11.3 Å². The first-order valence-corrected chi connectivity index (χ1v) is 12.2. The van der Waals surface area contributed by atoms with Crippen molar-refractivity contribution in [2.24, 2.45) is 0 Å². The smallest absolute Gasteiger partial charge is 0.132 e. The van der Waals surface area contributed by atoms with Crippen molar-refractivity contribution in [3.05, 3.63) is 42.6 Å². The monoisotopic (exact) mass is 411 g/mol. The lowest BCUT2D eigenvalue weighted by molar-refractivity contribution is 0.290. The third-order valence-electron chi connectivity index (χ3n) is 5.42. The Kier molecular flexibility index (Phi) is 12.7. The standard InChI is InChI=1S/C27H41NO2/c1-3-5-7-9-11-15-21-29-24-18-19-25(26-17-13-14-20-28-26)27(23-24)30-22-16-12-10-8-6-4-2/h13-14,17-20,23H,3-12,15-16,21-22H2,1-2H3. The third kappa shape index (κ3) is 9.65. The third-order valence-corrected chi connectivity index (χ3v) is 5.42. The summed E-state index contributed by atoms with van der Waals surface area (Å²) in [6, 6.07) is 12.2. The molecule has 0 aliphatic heterocycles. The molecule has 1 aromatic carbocycles. The number of aromatic nitrogens is 1. The van der Waals surface area contributed by atoms with Crippen molar-refractivity contribution in [3.8, 4) is 22.8 Å². The summed E-state index contributed by atoms with van der Waals surface area (Å²) in [6.07, 6.45) is 17.0. The topological polar surface area (TPSA) is 31.4 Å². The van der Waals surface area contributed by atoms with Gasteiger partial charge in [0.2, 0.25) is 0 Å². The van der Waals surface area contributed by atoms with Gasteiger partial charge in [-0.2, -0.15) is 0 Å². The molecular formula is C27H41NO2. The van der Waals surface area contributed by atoms with E-state index in [0.29, 0.717) is 0 Å². The molecule has 0 fully saturated rings. The average Bonchev–Trinajstić information content (AvgIpc) is 2.78. The summed E-state index contributed by atoms with van der Waals surface area (Å²) in [5, 5.41) is 0. The summed E-state index contributed by atoms with van der Waals surface area (Å²) in [6.45, 7) is 6.02. The van der Waals surface area contributed by atoms with Crippen LogP contribution in [0.15, 0.2) is 42.6 Å². The van der Waals surface area contributed by atoms with Crippen molar-refractivity contribution in [2.45, 2.75) is 90.9 Å². The first-order chi connectivity index (χ1) is 14.8. The van der Waals surface area contributed by atoms with Crippen LogP contribution in [-0.2, 0) is 0 Å². The van der Waals surface area contributed by atoms with E-state index >= 15 is 0 Å². The first kappa shape index (κ1) is 24.2. The molecule has 0 amide bonds. The van der Waals surface area contributed by atoms with Crippen LogP contribution >= 0.6 is 0 Å². The summed E-state index contributed by atoms with van der Waals surface area (Å²) in [4.78, 5) is 4.51. The minimum atomic E-state index is 0.743. The zero-order valence-corrected chi connectivity index (χ0v) is 19.2. The van der Waals surface area contributed by atoms with Gasteiger partial charge >= 0.3 is 0 Å². The summed E-state index contributed by atoms with van der Waals surface area (Å²) < 4.78 is 12.2. The highest BCUT2D eigenvalue weighted by atomic mass is 16.5. The van der Waals surface area contributed by atoms with Crippen LogP contribution in [0.3, 0.4) is 0 Å². The van der Waals surface area contributed by atoms with Gasteiger partial charge < -0.3 is 9.47 Å². The van der Waals surface area contributed by atoms with E-state index in [0.717, 1.165) is 48.8 Å². The van der Waals surface area contributed by atoms with Crippen molar-refractivity contribution in [2.75, 3.05) is 13.2 Å². The van der Waals surface area contributed by atoms with Gasteiger partial charge in [0.15, 0.2) is 0 Å². The van der Waals surface area contributed by atoms with Gasteiger partial charge in [0.05, 0.1) is 18.9 Å². The van der Waals surface area contributed by atoms with Crippen molar-refractivity contribution in [3.63, 3.8) is 0 Å². The lowest BCUT2D eigenvalue weighted by Gasteiger charge is -2.14. The van der Waals surface area contributed by atoms with E-state index in [9.17, 15) is 0 Å². The van der Waals surface area contributed by atoms with Crippen molar-refractivity contribution in [1.82, 2.24) is 4.98 Å². The molecule has 0 radical (unpaired) electrons. The second-order valence-corrected chi connectivity index (χ2v) is 8.11. The number of nitrogens with zero attached hydrogens (tertiary/aromatic N) is 1. The van der Waals surface area contributed by atoms with Gasteiger partial charge in [-0.1, -0.05) is 84.1 Å². The van der Waals surface area contributed by atoms with Crippen LogP contribution in [0.4, 0.5) is 0 Å². The molecule has 3 heteroatoms. The minimum Gasteiger partial charge on any atom is -0.493 e. The molecule has 0 saturated heterocycles. The molecule has 2 rings (SSSR count). The molecule has 0 aliphatic carbocycles. The predicted octanol–water partition coefficient (Wildman–Crippen LogP) is 8.23. The number of pyridine rings is 1. The lowest BCUT2D eigenvalue weighted by Crippen LogP contribution is -2.02.